The topological polar surface area (TPSA) is 55.8 Å². The van der Waals surface area contributed by atoms with Gasteiger partial charge in [0, 0.05) is 31.5 Å². The Hall–Kier alpha value is -2.56. The number of carbonyl (C=O) groups is 2. The van der Waals surface area contributed by atoms with Crippen LogP contribution >= 0.6 is 0 Å². The van der Waals surface area contributed by atoms with Gasteiger partial charge in [0.1, 0.15) is 0 Å². The molecule has 126 valence electrons. The van der Waals surface area contributed by atoms with Gasteiger partial charge < -0.3 is 14.4 Å². The predicted molar refractivity (Wildman–Crippen MR) is 91.6 cm³/mol. The summed E-state index contributed by atoms with van der Waals surface area (Å²) in [5, 5.41) is 2.20. The summed E-state index contributed by atoms with van der Waals surface area (Å²) in [4.78, 5) is 25.0. The van der Waals surface area contributed by atoms with Crippen molar-refractivity contribution in [2.45, 2.75) is 39.0 Å². The average molecular weight is 327 g/mol. The number of hydrogen-bond donors (Lipinski definition) is 0. The van der Waals surface area contributed by atoms with Gasteiger partial charge >= 0.3 is 11.9 Å². The molecule has 0 unspecified atom stereocenters. The van der Waals surface area contributed by atoms with E-state index in [1.165, 1.54) is 13.8 Å². The molecule has 1 saturated heterocycles. The van der Waals surface area contributed by atoms with Crippen LogP contribution in [0.1, 0.15) is 26.7 Å². The van der Waals surface area contributed by atoms with Crippen molar-refractivity contribution in [1.29, 1.82) is 0 Å². The van der Waals surface area contributed by atoms with Crippen molar-refractivity contribution >= 4 is 28.4 Å². The van der Waals surface area contributed by atoms with Gasteiger partial charge in [-0.2, -0.15) is 0 Å². The number of esters is 2. The van der Waals surface area contributed by atoms with Gasteiger partial charge in [0.25, 0.3) is 0 Å². The largest absolute Gasteiger partial charge is 0.456 e. The van der Waals surface area contributed by atoms with E-state index < -0.39 is 12.3 Å². The summed E-state index contributed by atoms with van der Waals surface area (Å²) in [5.74, 6) is -0.749. The Morgan fingerprint density at radius 3 is 2.46 bits per heavy atom. The van der Waals surface area contributed by atoms with E-state index in [9.17, 15) is 9.59 Å². The van der Waals surface area contributed by atoms with Gasteiger partial charge in [-0.15, -0.1) is 0 Å². The number of hydrogen-bond acceptors (Lipinski definition) is 5. The normalized spacial score (nSPS) is 20.7. The number of rotatable bonds is 3. The SMILES string of the molecule is CC(=O)O[C@H]1CCCN(c2cccc3ccccc23)[C@H]1OC(C)=O. The molecule has 0 amide bonds. The Morgan fingerprint density at radius 1 is 1.00 bits per heavy atom. The highest BCUT2D eigenvalue weighted by atomic mass is 16.6. The zero-order valence-electron chi connectivity index (χ0n) is 13.9. The van der Waals surface area contributed by atoms with Crippen LogP contribution in [0.4, 0.5) is 5.69 Å². The van der Waals surface area contributed by atoms with Crippen molar-refractivity contribution in [2.24, 2.45) is 0 Å². The van der Waals surface area contributed by atoms with Crippen molar-refractivity contribution in [2.75, 3.05) is 11.4 Å². The van der Waals surface area contributed by atoms with Crippen LogP contribution in [-0.4, -0.2) is 30.8 Å². The molecule has 0 bridgehead atoms. The second kappa shape index (κ2) is 6.91. The summed E-state index contributed by atoms with van der Waals surface area (Å²) < 4.78 is 10.9. The molecule has 3 rings (SSSR count). The Morgan fingerprint density at radius 2 is 1.71 bits per heavy atom. The first-order valence-electron chi connectivity index (χ1n) is 8.15. The van der Waals surface area contributed by atoms with Crippen molar-refractivity contribution in [3.05, 3.63) is 42.5 Å². The molecular formula is C19H21NO4. The third-order valence-corrected chi connectivity index (χ3v) is 4.19. The van der Waals surface area contributed by atoms with Gasteiger partial charge in [0.2, 0.25) is 6.23 Å². The van der Waals surface area contributed by atoms with Crippen LogP contribution in [0.3, 0.4) is 0 Å². The molecule has 2 atom stereocenters. The molecule has 2 aromatic carbocycles. The minimum absolute atomic E-state index is 0.364. The summed E-state index contributed by atoms with van der Waals surface area (Å²) in [5.41, 5.74) is 0.983. The predicted octanol–water partition coefficient (Wildman–Crippen LogP) is 3.26. The minimum atomic E-state index is -0.606. The quantitative estimate of drug-likeness (QED) is 0.810. The fraction of sp³-hybridized carbons (Fsp3) is 0.368. The number of piperidine rings is 1. The number of ether oxygens (including phenoxy) is 2. The smallest absolute Gasteiger partial charge is 0.304 e. The molecule has 0 saturated carbocycles. The molecule has 0 aromatic heterocycles. The Bertz CT molecular complexity index is 753. The highest BCUT2D eigenvalue weighted by molar-refractivity contribution is 5.94. The number of fused-ring (bicyclic) bond motifs is 1. The van der Waals surface area contributed by atoms with E-state index in [1.807, 2.05) is 47.4 Å². The van der Waals surface area contributed by atoms with Crippen LogP contribution in [0, 0.1) is 0 Å². The van der Waals surface area contributed by atoms with Crippen molar-refractivity contribution in [3.63, 3.8) is 0 Å². The van der Waals surface area contributed by atoms with Gasteiger partial charge in [-0.25, -0.2) is 0 Å². The van der Waals surface area contributed by atoms with Crippen LogP contribution in [0.15, 0.2) is 42.5 Å². The zero-order valence-corrected chi connectivity index (χ0v) is 13.9. The molecule has 5 heteroatoms. The van der Waals surface area contributed by atoms with E-state index in [0.717, 1.165) is 29.4 Å². The lowest BCUT2D eigenvalue weighted by Gasteiger charge is -2.41. The standard InChI is InChI=1S/C19H21NO4/c1-13(21)23-18-11-6-12-20(19(18)24-14(2)22)17-10-5-8-15-7-3-4-9-16(15)17/h3-5,7-10,18-19H,6,11-12H2,1-2H3/t18-,19-/m0/s1. The van der Waals surface area contributed by atoms with E-state index >= 15 is 0 Å². The highest BCUT2D eigenvalue weighted by Crippen LogP contribution is 2.33. The third-order valence-electron chi connectivity index (χ3n) is 4.19. The summed E-state index contributed by atoms with van der Waals surface area (Å²) in [6.07, 6.45) is 0.475. The van der Waals surface area contributed by atoms with Gasteiger partial charge in [-0.05, 0) is 24.3 Å². The van der Waals surface area contributed by atoms with E-state index in [4.69, 9.17) is 9.47 Å². The molecule has 1 aliphatic heterocycles. The van der Waals surface area contributed by atoms with Gasteiger partial charge in [-0.1, -0.05) is 36.4 Å². The van der Waals surface area contributed by atoms with Gasteiger partial charge in [-0.3, -0.25) is 9.59 Å². The van der Waals surface area contributed by atoms with Gasteiger partial charge in [0.15, 0.2) is 6.10 Å². The summed E-state index contributed by atoms with van der Waals surface area (Å²) in [6, 6.07) is 14.1. The fourth-order valence-corrected chi connectivity index (χ4v) is 3.29. The number of nitrogens with zero attached hydrogens (tertiary/aromatic N) is 1. The Labute approximate surface area is 141 Å². The van der Waals surface area contributed by atoms with Crippen LogP contribution in [0.2, 0.25) is 0 Å². The van der Waals surface area contributed by atoms with Crippen molar-refractivity contribution in [3.8, 4) is 0 Å². The average Bonchev–Trinajstić information content (AvgIpc) is 2.55. The monoisotopic (exact) mass is 327 g/mol. The molecular weight excluding hydrogens is 306 g/mol. The second-order valence-corrected chi connectivity index (χ2v) is 5.98. The van der Waals surface area contributed by atoms with Crippen molar-refractivity contribution in [1.82, 2.24) is 0 Å². The van der Waals surface area contributed by atoms with Crippen molar-refractivity contribution < 1.29 is 19.1 Å². The van der Waals surface area contributed by atoms with E-state index in [-0.39, 0.29) is 11.9 Å². The molecule has 1 aliphatic rings. The molecule has 2 aromatic rings. The maximum Gasteiger partial charge on any atom is 0.304 e. The lowest BCUT2D eigenvalue weighted by molar-refractivity contribution is -0.167. The summed E-state index contributed by atoms with van der Waals surface area (Å²) in [6.45, 7) is 3.49. The van der Waals surface area contributed by atoms with Crippen LogP contribution < -0.4 is 4.90 Å². The highest BCUT2D eigenvalue weighted by Gasteiger charge is 2.36. The first kappa shape index (κ1) is 16.3. The molecule has 24 heavy (non-hydrogen) atoms. The maximum atomic E-state index is 11.6. The molecule has 0 N–H and O–H groups in total. The molecule has 0 radical (unpaired) electrons. The number of carbonyl (C=O) groups excluding carboxylic acids is 2. The molecule has 5 nitrogen and oxygen atoms in total. The van der Waals surface area contributed by atoms with E-state index in [2.05, 4.69) is 0 Å². The maximum absolute atomic E-state index is 11.6. The number of benzene rings is 2. The zero-order chi connectivity index (χ0) is 17.1. The summed E-state index contributed by atoms with van der Waals surface area (Å²) >= 11 is 0. The first-order chi connectivity index (χ1) is 11.6. The molecule has 0 aliphatic carbocycles. The minimum Gasteiger partial charge on any atom is -0.456 e. The molecule has 0 spiro atoms. The van der Waals surface area contributed by atoms with E-state index in [1.54, 1.807) is 0 Å². The Balaban J connectivity index is 2.01. The Kier molecular flexibility index (Phi) is 4.69. The first-order valence-corrected chi connectivity index (χ1v) is 8.15. The second-order valence-electron chi connectivity index (χ2n) is 5.98. The third kappa shape index (κ3) is 3.35. The van der Waals surface area contributed by atoms with Crippen LogP contribution in [-0.2, 0) is 19.1 Å². The van der Waals surface area contributed by atoms with Gasteiger partial charge in [0.05, 0.1) is 0 Å². The lowest BCUT2D eigenvalue weighted by atomic mass is 10.0. The molecule has 1 heterocycles. The number of anilines is 1. The summed E-state index contributed by atoms with van der Waals surface area (Å²) in [7, 11) is 0. The van der Waals surface area contributed by atoms with E-state index in [0.29, 0.717) is 6.42 Å². The lowest BCUT2D eigenvalue weighted by Crippen LogP contribution is -2.52. The van der Waals surface area contributed by atoms with Crippen LogP contribution in [0.25, 0.3) is 10.8 Å². The molecule has 1 fully saturated rings. The fourth-order valence-electron chi connectivity index (χ4n) is 3.29. The van der Waals surface area contributed by atoms with Crippen LogP contribution in [0.5, 0.6) is 0 Å².